The number of rotatable bonds is 4. The Kier molecular flexibility index (Phi) is 5.41. The van der Waals surface area contributed by atoms with Gasteiger partial charge in [-0.1, -0.05) is 52.7 Å². The van der Waals surface area contributed by atoms with Gasteiger partial charge < -0.3 is 5.11 Å². The Hall–Kier alpha value is 0.0500. The highest BCUT2D eigenvalue weighted by Crippen LogP contribution is 2.72. The van der Waals surface area contributed by atoms with E-state index < -0.39 is 0 Å². The highest BCUT2D eigenvalue weighted by atomic mass is 32.2. The highest BCUT2D eigenvalue weighted by Gasteiger charge is 2.63. The Balaban J connectivity index is 1.41. The number of thioether (sulfide) groups is 1. The molecular weight excluding hydrogens is 408 g/mol. The summed E-state index contributed by atoms with van der Waals surface area (Å²) in [5, 5.41) is 11.7. The molecule has 3 unspecified atom stereocenters. The molecule has 5 rings (SSSR count). The minimum atomic E-state index is -0.126. The summed E-state index contributed by atoms with van der Waals surface area (Å²) in [4.78, 5) is 0. The first kappa shape index (κ1) is 23.8. The van der Waals surface area contributed by atoms with E-state index in [1.165, 1.54) is 57.8 Å². The molecule has 8 atom stereocenters. The summed E-state index contributed by atoms with van der Waals surface area (Å²) >= 11 is 2.20. The summed E-state index contributed by atoms with van der Waals surface area (Å²) in [6.45, 7) is 20.1. The van der Waals surface area contributed by atoms with Crippen LogP contribution in [0, 0.1) is 39.4 Å². The van der Waals surface area contributed by atoms with Crippen LogP contribution in [-0.4, -0.2) is 21.2 Å². The highest BCUT2D eigenvalue weighted by molar-refractivity contribution is 8.08. The summed E-state index contributed by atoms with van der Waals surface area (Å²) in [7, 11) is 0. The molecule has 1 heterocycles. The van der Waals surface area contributed by atoms with Gasteiger partial charge in [0.1, 0.15) is 0 Å². The number of aliphatic hydroxyl groups excluding tert-OH is 1. The average Bonchev–Trinajstić information content (AvgIpc) is 3.22. The third-order valence-electron chi connectivity index (χ3n) is 12.5. The maximum atomic E-state index is 10.8. The van der Waals surface area contributed by atoms with E-state index in [1.807, 2.05) is 11.1 Å². The van der Waals surface area contributed by atoms with Crippen molar-refractivity contribution in [3.8, 4) is 0 Å². The predicted molar refractivity (Wildman–Crippen MR) is 139 cm³/mol. The topological polar surface area (TPSA) is 20.2 Å². The van der Waals surface area contributed by atoms with Gasteiger partial charge in [0.25, 0.3) is 0 Å². The molecule has 32 heavy (non-hydrogen) atoms. The average molecular weight is 459 g/mol. The van der Waals surface area contributed by atoms with Crippen LogP contribution in [-0.2, 0) is 0 Å². The molecule has 182 valence electrons. The summed E-state index contributed by atoms with van der Waals surface area (Å²) < 4.78 is 0.549. The quantitative estimate of drug-likeness (QED) is 0.337. The maximum Gasteiger partial charge on any atom is 0.0594 e. The zero-order valence-electron chi connectivity index (χ0n) is 22.3. The van der Waals surface area contributed by atoms with Crippen LogP contribution in [0.4, 0.5) is 0 Å². The third-order valence-corrected chi connectivity index (χ3v) is 14.3. The fourth-order valence-electron chi connectivity index (χ4n) is 9.98. The van der Waals surface area contributed by atoms with Crippen LogP contribution in [0.2, 0.25) is 0 Å². The zero-order valence-corrected chi connectivity index (χ0v) is 23.1. The second-order valence-electron chi connectivity index (χ2n) is 14.5. The Morgan fingerprint density at radius 3 is 2.25 bits per heavy atom. The van der Waals surface area contributed by atoms with Crippen molar-refractivity contribution in [3.05, 3.63) is 11.1 Å². The van der Waals surface area contributed by atoms with E-state index in [0.29, 0.717) is 26.9 Å². The lowest BCUT2D eigenvalue weighted by molar-refractivity contribution is -0.0962. The number of hydrogen-bond donors (Lipinski definition) is 1. The Bertz CT molecular complexity index is 810. The molecule has 1 N–H and O–H groups in total. The van der Waals surface area contributed by atoms with Gasteiger partial charge in [0.2, 0.25) is 0 Å². The van der Waals surface area contributed by atoms with Gasteiger partial charge in [-0.2, -0.15) is 0 Å². The minimum absolute atomic E-state index is 0.0501. The molecule has 0 aromatic rings. The van der Waals surface area contributed by atoms with Gasteiger partial charge in [0.15, 0.2) is 0 Å². The molecule has 1 nitrogen and oxygen atoms in total. The molecule has 0 spiro atoms. The minimum Gasteiger partial charge on any atom is -0.393 e. The van der Waals surface area contributed by atoms with Gasteiger partial charge in [-0.25, -0.2) is 0 Å². The van der Waals surface area contributed by atoms with Crippen molar-refractivity contribution < 1.29 is 5.11 Å². The molecule has 0 aromatic heterocycles. The molecular formula is C30H50OS. The largest absolute Gasteiger partial charge is 0.393 e. The lowest BCUT2D eigenvalue weighted by Crippen LogP contribution is -2.55. The van der Waals surface area contributed by atoms with Crippen LogP contribution in [0.15, 0.2) is 11.1 Å². The molecule has 5 aliphatic rings. The first-order valence-corrected chi connectivity index (χ1v) is 14.7. The van der Waals surface area contributed by atoms with Gasteiger partial charge in [0, 0.05) is 10.00 Å². The summed E-state index contributed by atoms with van der Waals surface area (Å²) in [6.07, 6.45) is 13.1. The SMILES string of the molecule is C[C@H](CCC1SC1(C)C)C1CC[C@@]2(C)C3=C(CC[C@]12C)[C@@]1(C)CC[C@H](O)C(C)(C)C1CC3. The Labute approximate surface area is 203 Å². The van der Waals surface area contributed by atoms with E-state index in [4.69, 9.17) is 0 Å². The number of allylic oxidation sites excluding steroid dienone is 2. The van der Waals surface area contributed by atoms with E-state index >= 15 is 0 Å². The molecule has 0 radical (unpaired) electrons. The normalized spacial score (nSPS) is 49.8. The first-order valence-electron chi connectivity index (χ1n) is 13.9. The second kappa shape index (κ2) is 7.28. The van der Waals surface area contributed by atoms with Crippen molar-refractivity contribution in [1.29, 1.82) is 0 Å². The van der Waals surface area contributed by atoms with Crippen molar-refractivity contribution in [3.63, 3.8) is 0 Å². The lowest BCUT2D eigenvalue weighted by Gasteiger charge is -2.62. The molecule has 4 aliphatic carbocycles. The van der Waals surface area contributed by atoms with Gasteiger partial charge in [-0.05, 0) is 117 Å². The van der Waals surface area contributed by atoms with Gasteiger partial charge >= 0.3 is 0 Å². The standard InChI is InChI=1S/C30H50OS/c1-19(9-12-25-27(4,5)32-25)20-13-17-30(8)22-10-11-23-26(2,3)24(31)15-16-28(23,6)21(22)14-18-29(20,30)7/h19-20,23-25,31H,9-18H2,1-8H3/t19-,20?,23?,24+,25?,28-,29-,30+/m1/s1. The number of aliphatic hydroxyl groups is 1. The maximum absolute atomic E-state index is 10.8. The van der Waals surface area contributed by atoms with Gasteiger partial charge in [-0.3, -0.25) is 0 Å². The van der Waals surface area contributed by atoms with E-state index in [1.54, 1.807) is 0 Å². The van der Waals surface area contributed by atoms with Crippen LogP contribution in [0.1, 0.15) is 120 Å². The van der Waals surface area contributed by atoms with E-state index in [-0.39, 0.29) is 11.5 Å². The summed E-state index contributed by atoms with van der Waals surface area (Å²) in [5.41, 5.74) is 5.00. The van der Waals surface area contributed by atoms with E-state index in [2.05, 4.69) is 67.2 Å². The first-order chi connectivity index (χ1) is 14.8. The smallest absolute Gasteiger partial charge is 0.0594 e. The Morgan fingerprint density at radius 1 is 0.906 bits per heavy atom. The molecule has 0 bridgehead atoms. The van der Waals surface area contributed by atoms with Crippen molar-refractivity contribution in [1.82, 2.24) is 0 Å². The number of fused-ring (bicyclic) bond motifs is 4. The predicted octanol–water partition coefficient (Wildman–Crippen LogP) is 8.41. The summed E-state index contributed by atoms with van der Waals surface area (Å²) in [5.74, 6) is 2.39. The van der Waals surface area contributed by atoms with Crippen LogP contribution in [0.5, 0.6) is 0 Å². The third kappa shape index (κ3) is 3.13. The van der Waals surface area contributed by atoms with Crippen LogP contribution in [0.25, 0.3) is 0 Å². The van der Waals surface area contributed by atoms with Crippen molar-refractivity contribution in [2.45, 2.75) is 136 Å². The lowest BCUT2D eigenvalue weighted by atomic mass is 9.43. The zero-order chi connectivity index (χ0) is 23.3. The van der Waals surface area contributed by atoms with Crippen molar-refractivity contribution >= 4 is 11.8 Å². The fraction of sp³-hybridized carbons (Fsp3) is 0.933. The number of hydrogen-bond acceptors (Lipinski definition) is 2. The van der Waals surface area contributed by atoms with E-state index in [9.17, 15) is 5.11 Å². The van der Waals surface area contributed by atoms with Crippen LogP contribution >= 0.6 is 11.8 Å². The molecule has 3 fully saturated rings. The molecule has 1 saturated heterocycles. The molecule has 0 aromatic carbocycles. The summed E-state index contributed by atoms with van der Waals surface area (Å²) in [6, 6.07) is 0. The molecule has 2 heteroatoms. The fourth-order valence-corrected chi connectivity index (χ4v) is 11.0. The second-order valence-corrected chi connectivity index (χ2v) is 16.4. The van der Waals surface area contributed by atoms with Gasteiger partial charge in [0.05, 0.1) is 6.10 Å². The monoisotopic (exact) mass is 458 g/mol. The van der Waals surface area contributed by atoms with Crippen LogP contribution in [0.3, 0.4) is 0 Å². The van der Waals surface area contributed by atoms with Crippen molar-refractivity contribution in [2.24, 2.45) is 39.4 Å². The molecule has 1 aliphatic heterocycles. The molecule has 0 amide bonds. The van der Waals surface area contributed by atoms with Crippen LogP contribution < -0.4 is 0 Å². The Morgan fingerprint density at radius 2 is 1.59 bits per heavy atom. The van der Waals surface area contributed by atoms with Gasteiger partial charge in [-0.15, -0.1) is 11.8 Å². The van der Waals surface area contributed by atoms with E-state index in [0.717, 1.165) is 23.5 Å². The van der Waals surface area contributed by atoms with Crippen molar-refractivity contribution in [2.75, 3.05) is 0 Å². The molecule has 2 saturated carbocycles.